The SMILES string of the molecule is C1=CC2=CC=C1C2.O=S(=O)(O)O. The Morgan fingerprint density at radius 1 is 1.08 bits per heavy atom. The molecule has 0 atom stereocenters. The summed E-state index contributed by atoms with van der Waals surface area (Å²) < 4.78 is 31.6. The number of hydrogen-bond acceptors (Lipinski definition) is 2. The van der Waals surface area contributed by atoms with Gasteiger partial charge in [-0.2, -0.15) is 8.42 Å². The summed E-state index contributed by atoms with van der Waals surface area (Å²) in [7, 11) is -4.67. The minimum atomic E-state index is -4.67. The normalized spacial score (nSPS) is 18.2. The molecule has 0 radical (unpaired) electrons. The van der Waals surface area contributed by atoms with Crippen LogP contribution in [0.2, 0.25) is 0 Å². The largest absolute Gasteiger partial charge is 0.394 e. The molecule has 0 aliphatic heterocycles. The average Bonchev–Trinajstić information content (AvgIpc) is 2.42. The summed E-state index contributed by atoms with van der Waals surface area (Å²) >= 11 is 0. The van der Waals surface area contributed by atoms with Gasteiger partial charge in [0.2, 0.25) is 0 Å². The highest BCUT2D eigenvalue weighted by Crippen LogP contribution is 2.27. The summed E-state index contributed by atoms with van der Waals surface area (Å²) in [6.07, 6.45) is 9.90. The van der Waals surface area contributed by atoms with Crippen molar-refractivity contribution >= 4 is 10.4 Å². The molecule has 66 valence electrons. The quantitative estimate of drug-likeness (QED) is 0.559. The third-order valence-electron chi connectivity index (χ3n) is 1.43. The first-order valence-corrected chi connectivity index (χ1v) is 4.62. The molecule has 0 unspecified atom stereocenters. The molecule has 0 saturated carbocycles. The second kappa shape index (κ2) is 3.22. The lowest BCUT2D eigenvalue weighted by Crippen LogP contribution is -1.89. The molecular formula is C7H8O4S. The van der Waals surface area contributed by atoms with Crippen molar-refractivity contribution in [3.8, 4) is 0 Å². The molecule has 0 amide bonds. The van der Waals surface area contributed by atoms with Crippen LogP contribution in [-0.4, -0.2) is 17.5 Å². The Hall–Kier alpha value is -0.910. The molecule has 2 N–H and O–H groups in total. The Morgan fingerprint density at radius 3 is 1.50 bits per heavy atom. The molecule has 0 aromatic carbocycles. The fourth-order valence-electron chi connectivity index (χ4n) is 1.01. The third kappa shape index (κ3) is 3.47. The molecule has 12 heavy (non-hydrogen) atoms. The van der Waals surface area contributed by atoms with Gasteiger partial charge < -0.3 is 0 Å². The zero-order valence-corrected chi connectivity index (χ0v) is 6.95. The lowest BCUT2D eigenvalue weighted by Gasteiger charge is -1.77. The standard InChI is InChI=1S/C7H6.H2O4S/c1-2-7-4-3-6(1)5-7;1-5(2,3)4/h1-4H,5H2;(H2,1,2,3,4). The summed E-state index contributed by atoms with van der Waals surface area (Å²) in [6, 6.07) is 0. The van der Waals surface area contributed by atoms with E-state index < -0.39 is 10.4 Å². The Labute approximate surface area is 70.5 Å². The molecule has 0 aromatic heterocycles. The first kappa shape index (κ1) is 9.18. The van der Waals surface area contributed by atoms with Crippen LogP contribution in [0.4, 0.5) is 0 Å². The number of hydrogen-bond donors (Lipinski definition) is 2. The third-order valence-corrected chi connectivity index (χ3v) is 1.43. The molecule has 0 fully saturated rings. The first-order chi connectivity index (χ1) is 5.45. The van der Waals surface area contributed by atoms with Gasteiger partial charge in [-0.15, -0.1) is 0 Å². The van der Waals surface area contributed by atoms with Crippen LogP contribution in [-0.2, 0) is 10.4 Å². The monoisotopic (exact) mass is 188 g/mol. The molecule has 0 spiro atoms. The molecule has 2 aliphatic carbocycles. The second-order valence-corrected chi connectivity index (χ2v) is 3.34. The van der Waals surface area contributed by atoms with Gasteiger partial charge in [0.05, 0.1) is 0 Å². The van der Waals surface area contributed by atoms with Crippen LogP contribution in [0.15, 0.2) is 35.5 Å². The summed E-state index contributed by atoms with van der Waals surface area (Å²) in [4.78, 5) is 0. The molecule has 4 nitrogen and oxygen atoms in total. The van der Waals surface area contributed by atoms with Crippen molar-refractivity contribution in [1.29, 1.82) is 0 Å². The zero-order valence-electron chi connectivity index (χ0n) is 6.14. The van der Waals surface area contributed by atoms with E-state index in [2.05, 4.69) is 24.3 Å². The van der Waals surface area contributed by atoms with Crippen LogP contribution < -0.4 is 0 Å². The fraction of sp³-hybridized carbons (Fsp3) is 0.143. The van der Waals surface area contributed by atoms with E-state index in [0.29, 0.717) is 0 Å². The lowest BCUT2D eigenvalue weighted by atomic mass is 10.3. The van der Waals surface area contributed by atoms with Crippen LogP contribution in [0.3, 0.4) is 0 Å². The molecule has 0 heterocycles. The molecule has 0 saturated heterocycles. The van der Waals surface area contributed by atoms with E-state index in [-0.39, 0.29) is 0 Å². The lowest BCUT2D eigenvalue weighted by molar-refractivity contribution is 0.381. The zero-order chi connectivity index (χ0) is 9.19. The van der Waals surface area contributed by atoms with Gasteiger partial charge in [0, 0.05) is 0 Å². The summed E-state index contributed by atoms with van der Waals surface area (Å²) in [5.74, 6) is 0. The minimum Gasteiger partial charge on any atom is -0.264 e. The van der Waals surface area contributed by atoms with Crippen LogP contribution >= 0.6 is 0 Å². The van der Waals surface area contributed by atoms with E-state index in [1.54, 1.807) is 0 Å². The Kier molecular flexibility index (Phi) is 2.46. The fourth-order valence-corrected chi connectivity index (χ4v) is 1.01. The van der Waals surface area contributed by atoms with Gasteiger partial charge in [0.1, 0.15) is 0 Å². The van der Waals surface area contributed by atoms with Crippen molar-refractivity contribution in [2.24, 2.45) is 0 Å². The van der Waals surface area contributed by atoms with Crippen LogP contribution in [0, 0.1) is 0 Å². The number of rotatable bonds is 0. The summed E-state index contributed by atoms with van der Waals surface area (Å²) in [5, 5.41) is 0. The predicted octanol–water partition coefficient (Wildman–Crippen LogP) is 1.16. The smallest absolute Gasteiger partial charge is 0.264 e. The number of allylic oxidation sites excluding steroid dienone is 6. The second-order valence-electron chi connectivity index (χ2n) is 2.44. The average molecular weight is 188 g/mol. The Balaban J connectivity index is 0.000000130. The number of fused-ring (bicyclic) bond motifs is 2. The van der Waals surface area contributed by atoms with Crippen LogP contribution in [0.5, 0.6) is 0 Å². The van der Waals surface area contributed by atoms with Gasteiger partial charge in [-0.25, -0.2) is 0 Å². The Morgan fingerprint density at radius 2 is 1.42 bits per heavy atom. The maximum absolute atomic E-state index is 8.74. The van der Waals surface area contributed by atoms with Crippen molar-refractivity contribution in [3.05, 3.63) is 35.5 Å². The molecule has 0 aromatic rings. The van der Waals surface area contributed by atoms with E-state index >= 15 is 0 Å². The predicted molar refractivity (Wildman–Crippen MR) is 44.1 cm³/mol. The minimum absolute atomic E-state index is 1.19. The van der Waals surface area contributed by atoms with E-state index in [4.69, 9.17) is 17.5 Å². The van der Waals surface area contributed by atoms with Gasteiger partial charge in [-0.05, 0) is 17.6 Å². The van der Waals surface area contributed by atoms with Crippen molar-refractivity contribution < 1.29 is 17.5 Å². The van der Waals surface area contributed by atoms with Crippen LogP contribution in [0.25, 0.3) is 0 Å². The van der Waals surface area contributed by atoms with Gasteiger partial charge >= 0.3 is 10.4 Å². The maximum atomic E-state index is 8.74. The van der Waals surface area contributed by atoms with Gasteiger partial charge in [-0.3, -0.25) is 9.11 Å². The van der Waals surface area contributed by atoms with Gasteiger partial charge in [0.25, 0.3) is 0 Å². The highest BCUT2D eigenvalue weighted by atomic mass is 32.3. The van der Waals surface area contributed by atoms with Crippen molar-refractivity contribution in [2.75, 3.05) is 0 Å². The Bertz CT molecular complexity index is 331. The van der Waals surface area contributed by atoms with Crippen molar-refractivity contribution in [1.82, 2.24) is 0 Å². The van der Waals surface area contributed by atoms with Gasteiger partial charge in [-0.1, -0.05) is 24.3 Å². The topological polar surface area (TPSA) is 74.6 Å². The summed E-state index contributed by atoms with van der Waals surface area (Å²) in [5.41, 5.74) is 2.94. The van der Waals surface area contributed by atoms with Crippen molar-refractivity contribution in [3.63, 3.8) is 0 Å². The molecule has 2 rings (SSSR count). The molecular weight excluding hydrogens is 180 g/mol. The molecule has 2 bridgehead atoms. The highest BCUT2D eigenvalue weighted by Gasteiger charge is 2.07. The van der Waals surface area contributed by atoms with E-state index in [1.807, 2.05) is 0 Å². The molecule has 5 heteroatoms. The van der Waals surface area contributed by atoms with E-state index in [1.165, 1.54) is 17.6 Å². The van der Waals surface area contributed by atoms with E-state index in [9.17, 15) is 0 Å². The molecule has 2 aliphatic rings. The highest BCUT2D eigenvalue weighted by molar-refractivity contribution is 7.79. The maximum Gasteiger partial charge on any atom is 0.394 e. The van der Waals surface area contributed by atoms with Crippen LogP contribution in [0.1, 0.15) is 6.42 Å². The first-order valence-electron chi connectivity index (χ1n) is 3.23. The van der Waals surface area contributed by atoms with E-state index in [0.717, 1.165) is 0 Å². The summed E-state index contributed by atoms with van der Waals surface area (Å²) in [6.45, 7) is 0. The van der Waals surface area contributed by atoms with Gasteiger partial charge in [0.15, 0.2) is 0 Å². The van der Waals surface area contributed by atoms with Crippen molar-refractivity contribution in [2.45, 2.75) is 6.42 Å².